The van der Waals surface area contributed by atoms with Gasteiger partial charge in [-0.1, -0.05) is 12.1 Å². The first-order valence-electron chi connectivity index (χ1n) is 8.73. The third-order valence-electron chi connectivity index (χ3n) is 4.12. The average molecular weight is 390 g/mol. The van der Waals surface area contributed by atoms with Crippen molar-refractivity contribution in [2.24, 2.45) is 0 Å². The fraction of sp³-hybridized carbons (Fsp3) is 0.316. The van der Waals surface area contributed by atoms with Crippen LogP contribution in [0.5, 0.6) is 5.75 Å². The molecule has 0 aliphatic carbocycles. The number of aliphatic hydroxyl groups excluding tert-OH is 1. The maximum Gasteiger partial charge on any atom is 0.387 e. The van der Waals surface area contributed by atoms with Gasteiger partial charge in [0.1, 0.15) is 11.4 Å². The number of alkyl halides is 2. The molecule has 0 unspecified atom stereocenters. The molecule has 9 heteroatoms. The number of hydrogen-bond donors (Lipinski definition) is 2. The topological polar surface area (TPSA) is 89.3 Å². The number of benzene rings is 1. The number of carbonyl (C=O) groups excluding carboxylic acids is 1. The van der Waals surface area contributed by atoms with E-state index in [9.17, 15) is 13.6 Å². The van der Waals surface area contributed by atoms with Crippen LogP contribution in [0.4, 0.5) is 8.78 Å². The number of aliphatic hydroxyl groups is 1. The zero-order valence-corrected chi connectivity index (χ0v) is 15.2. The lowest BCUT2D eigenvalue weighted by atomic mass is 10.1. The van der Waals surface area contributed by atoms with Gasteiger partial charge in [-0.05, 0) is 36.6 Å². The van der Waals surface area contributed by atoms with E-state index >= 15 is 0 Å². The quantitative estimate of drug-likeness (QED) is 0.577. The van der Waals surface area contributed by atoms with Gasteiger partial charge < -0.3 is 15.2 Å². The van der Waals surface area contributed by atoms with Crippen LogP contribution in [0.15, 0.2) is 36.7 Å². The molecule has 0 saturated carbocycles. The molecule has 28 heavy (non-hydrogen) atoms. The Labute approximate surface area is 160 Å². The maximum atomic E-state index is 12.4. The van der Waals surface area contributed by atoms with Crippen LogP contribution in [-0.4, -0.2) is 45.5 Å². The van der Waals surface area contributed by atoms with Gasteiger partial charge in [-0.15, -0.1) is 0 Å². The van der Waals surface area contributed by atoms with E-state index in [1.807, 2.05) is 0 Å². The van der Waals surface area contributed by atoms with E-state index in [4.69, 9.17) is 5.11 Å². The van der Waals surface area contributed by atoms with Crippen molar-refractivity contribution in [3.63, 3.8) is 0 Å². The van der Waals surface area contributed by atoms with Crippen LogP contribution in [0.25, 0.3) is 10.9 Å². The van der Waals surface area contributed by atoms with E-state index in [2.05, 4.69) is 20.1 Å². The molecule has 7 nitrogen and oxygen atoms in total. The number of ether oxygens (including phenoxy) is 1. The lowest BCUT2D eigenvalue weighted by Crippen LogP contribution is -2.26. The zero-order chi connectivity index (χ0) is 20.1. The molecule has 2 aromatic heterocycles. The molecule has 0 bridgehead atoms. The molecule has 3 aromatic rings. The smallest absolute Gasteiger partial charge is 0.387 e. The summed E-state index contributed by atoms with van der Waals surface area (Å²) in [6.07, 6.45) is 3.70. The number of halogens is 2. The van der Waals surface area contributed by atoms with Crippen molar-refractivity contribution in [1.82, 2.24) is 20.1 Å². The van der Waals surface area contributed by atoms with Gasteiger partial charge in [-0.3, -0.25) is 14.5 Å². The second-order valence-electron chi connectivity index (χ2n) is 6.23. The SMILES string of the molecule is Cc1cc(Cn2cc3c(C(=O)NCCCO)nccc3n2)ccc1OC(F)F. The monoisotopic (exact) mass is 390 g/mol. The van der Waals surface area contributed by atoms with Crippen LogP contribution >= 0.6 is 0 Å². The third-order valence-corrected chi connectivity index (χ3v) is 4.12. The van der Waals surface area contributed by atoms with Crippen molar-refractivity contribution >= 4 is 16.8 Å². The predicted molar refractivity (Wildman–Crippen MR) is 98.5 cm³/mol. The summed E-state index contributed by atoms with van der Waals surface area (Å²) < 4.78 is 30.9. The number of fused-ring (bicyclic) bond motifs is 1. The highest BCUT2D eigenvalue weighted by Crippen LogP contribution is 2.22. The Morgan fingerprint density at radius 3 is 2.89 bits per heavy atom. The van der Waals surface area contributed by atoms with Crippen molar-refractivity contribution in [2.45, 2.75) is 26.5 Å². The number of nitrogens with zero attached hydrogens (tertiary/aromatic N) is 3. The summed E-state index contributed by atoms with van der Waals surface area (Å²) in [6.45, 7) is -0.421. The van der Waals surface area contributed by atoms with Crippen molar-refractivity contribution in [2.75, 3.05) is 13.2 Å². The highest BCUT2D eigenvalue weighted by Gasteiger charge is 2.14. The van der Waals surface area contributed by atoms with Gasteiger partial charge in [0.25, 0.3) is 5.91 Å². The number of pyridine rings is 1. The van der Waals surface area contributed by atoms with Crippen molar-refractivity contribution in [3.8, 4) is 5.75 Å². The van der Waals surface area contributed by atoms with Gasteiger partial charge in [0.2, 0.25) is 0 Å². The van der Waals surface area contributed by atoms with Crippen molar-refractivity contribution in [3.05, 3.63) is 53.5 Å². The lowest BCUT2D eigenvalue weighted by Gasteiger charge is -2.09. The summed E-state index contributed by atoms with van der Waals surface area (Å²) in [5.74, 6) is -0.196. The van der Waals surface area contributed by atoms with Gasteiger partial charge in [0, 0.05) is 25.5 Å². The summed E-state index contributed by atoms with van der Waals surface area (Å²) >= 11 is 0. The molecule has 148 valence electrons. The lowest BCUT2D eigenvalue weighted by molar-refractivity contribution is -0.0503. The van der Waals surface area contributed by atoms with E-state index in [1.165, 1.54) is 12.3 Å². The Balaban J connectivity index is 1.80. The Morgan fingerprint density at radius 2 is 2.18 bits per heavy atom. The van der Waals surface area contributed by atoms with Gasteiger partial charge >= 0.3 is 6.61 Å². The number of nitrogens with one attached hydrogen (secondary N) is 1. The Hall–Kier alpha value is -3.07. The molecule has 0 aliphatic rings. The number of carbonyl (C=O) groups is 1. The summed E-state index contributed by atoms with van der Waals surface area (Å²) in [7, 11) is 0. The average Bonchev–Trinajstić information content (AvgIpc) is 3.06. The van der Waals surface area contributed by atoms with Gasteiger partial charge in [-0.2, -0.15) is 13.9 Å². The minimum absolute atomic E-state index is 0.00357. The van der Waals surface area contributed by atoms with E-state index in [1.54, 1.807) is 36.0 Å². The molecule has 0 spiro atoms. The zero-order valence-electron chi connectivity index (χ0n) is 15.2. The number of aromatic nitrogens is 3. The van der Waals surface area contributed by atoms with Gasteiger partial charge in [0.15, 0.2) is 0 Å². The standard InChI is InChI=1S/C19H20F2N4O3/c1-12-9-13(3-4-16(12)28-19(20)21)10-25-11-14-15(24-25)5-7-22-17(14)18(27)23-6-2-8-26/h3-5,7,9,11,19,26H,2,6,8,10H2,1H3,(H,23,27). The third kappa shape index (κ3) is 4.61. The summed E-state index contributed by atoms with van der Waals surface area (Å²) in [5.41, 5.74) is 2.34. The predicted octanol–water partition coefficient (Wildman–Crippen LogP) is 2.50. The van der Waals surface area contributed by atoms with Crippen molar-refractivity contribution in [1.29, 1.82) is 0 Å². The molecule has 0 aliphatic heterocycles. The highest BCUT2D eigenvalue weighted by atomic mass is 19.3. The highest BCUT2D eigenvalue weighted by molar-refractivity contribution is 6.04. The Kier molecular flexibility index (Phi) is 6.15. The second kappa shape index (κ2) is 8.75. The van der Waals surface area contributed by atoms with E-state index in [-0.39, 0.29) is 24.0 Å². The minimum Gasteiger partial charge on any atom is -0.435 e. The van der Waals surface area contributed by atoms with Gasteiger partial charge in [-0.25, -0.2) is 0 Å². The first kappa shape index (κ1) is 19.7. The van der Waals surface area contributed by atoms with Crippen molar-refractivity contribution < 1.29 is 23.4 Å². The maximum absolute atomic E-state index is 12.4. The van der Waals surface area contributed by atoms with Crippen LogP contribution in [-0.2, 0) is 6.54 Å². The van der Waals surface area contributed by atoms with Gasteiger partial charge in [0.05, 0.1) is 17.4 Å². The summed E-state index contributed by atoms with van der Waals surface area (Å²) in [6, 6.07) is 6.66. The minimum atomic E-state index is -2.87. The normalized spacial score (nSPS) is 11.2. The number of rotatable bonds is 8. The molecule has 3 rings (SSSR count). The Bertz CT molecular complexity index is 975. The fourth-order valence-corrected chi connectivity index (χ4v) is 2.85. The second-order valence-corrected chi connectivity index (χ2v) is 6.23. The molecule has 0 radical (unpaired) electrons. The van der Waals surface area contributed by atoms with Crippen LogP contribution in [0.2, 0.25) is 0 Å². The molecule has 1 amide bonds. The van der Waals surface area contributed by atoms with Crippen LogP contribution in [0.1, 0.15) is 28.0 Å². The summed E-state index contributed by atoms with van der Waals surface area (Å²) in [4.78, 5) is 16.4. The van der Waals surface area contributed by atoms with E-state index in [0.717, 1.165) is 5.56 Å². The number of hydrogen-bond acceptors (Lipinski definition) is 5. The molecule has 1 aromatic carbocycles. The number of amides is 1. The molecule has 2 heterocycles. The largest absolute Gasteiger partial charge is 0.435 e. The molecule has 0 atom stereocenters. The molecule has 0 fully saturated rings. The summed E-state index contributed by atoms with van der Waals surface area (Å²) in [5, 5.41) is 16.6. The molecular weight excluding hydrogens is 370 g/mol. The molecule has 0 saturated heterocycles. The van der Waals surface area contributed by atoms with Crippen LogP contribution in [0.3, 0.4) is 0 Å². The first-order valence-corrected chi connectivity index (χ1v) is 8.73. The fourth-order valence-electron chi connectivity index (χ4n) is 2.85. The van der Waals surface area contributed by atoms with Crippen LogP contribution < -0.4 is 10.1 Å². The first-order chi connectivity index (χ1) is 13.5. The van der Waals surface area contributed by atoms with E-state index in [0.29, 0.717) is 36.0 Å². The molecular formula is C19H20F2N4O3. The van der Waals surface area contributed by atoms with E-state index < -0.39 is 6.61 Å². The Morgan fingerprint density at radius 1 is 1.36 bits per heavy atom. The van der Waals surface area contributed by atoms with Crippen LogP contribution in [0, 0.1) is 6.92 Å². The molecule has 2 N–H and O–H groups in total. The number of aryl methyl sites for hydroxylation is 1.